The fourth-order valence-electron chi connectivity index (χ4n) is 1.21. The first-order valence-corrected chi connectivity index (χ1v) is 5.02. The summed E-state index contributed by atoms with van der Waals surface area (Å²) < 4.78 is 1.96. The van der Waals surface area contributed by atoms with Crippen molar-refractivity contribution in [3.8, 4) is 0 Å². The third kappa shape index (κ3) is 4.23. The number of aryl methyl sites for hydroxylation is 1. The van der Waals surface area contributed by atoms with Gasteiger partial charge in [0.05, 0.1) is 12.7 Å². The molecule has 0 amide bonds. The van der Waals surface area contributed by atoms with Gasteiger partial charge in [0.1, 0.15) is 0 Å². The van der Waals surface area contributed by atoms with Crippen molar-refractivity contribution >= 4 is 0 Å². The minimum absolute atomic E-state index is 0.935. The number of nitrogens with one attached hydrogen (secondary N) is 1. The molecule has 0 aromatic carbocycles. The van der Waals surface area contributed by atoms with Gasteiger partial charge in [-0.15, -0.1) is 6.58 Å². The average molecular weight is 193 g/mol. The Labute approximate surface area is 85.8 Å². The summed E-state index contributed by atoms with van der Waals surface area (Å²) in [4.78, 5) is 0. The fourth-order valence-corrected chi connectivity index (χ4v) is 1.21. The number of hydrogen-bond donors (Lipinski definition) is 1. The Balaban J connectivity index is 2.07. The van der Waals surface area contributed by atoms with Gasteiger partial charge in [-0.25, -0.2) is 0 Å². The van der Waals surface area contributed by atoms with Crippen LogP contribution in [-0.4, -0.2) is 22.9 Å². The molecule has 1 rings (SSSR count). The van der Waals surface area contributed by atoms with Crippen molar-refractivity contribution in [1.82, 2.24) is 15.1 Å². The smallest absolute Gasteiger partial charge is 0.0534 e. The molecule has 0 saturated heterocycles. The second kappa shape index (κ2) is 5.60. The molecule has 3 heteroatoms. The summed E-state index contributed by atoms with van der Waals surface area (Å²) in [5.74, 6) is 0. The lowest BCUT2D eigenvalue weighted by atomic mass is 10.2. The third-order valence-electron chi connectivity index (χ3n) is 2.01. The summed E-state index contributed by atoms with van der Waals surface area (Å²) in [5.41, 5.74) is 2.44. The molecule has 1 aromatic heterocycles. The van der Waals surface area contributed by atoms with E-state index in [4.69, 9.17) is 0 Å². The van der Waals surface area contributed by atoms with Crippen molar-refractivity contribution < 1.29 is 0 Å². The van der Waals surface area contributed by atoms with E-state index in [2.05, 4.69) is 37.0 Å². The largest absolute Gasteiger partial charge is 0.315 e. The molecule has 1 aromatic rings. The maximum Gasteiger partial charge on any atom is 0.0534 e. The molecule has 3 nitrogen and oxygen atoms in total. The van der Waals surface area contributed by atoms with Crippen molar-refractivity contribution in [2.24, 2.45) is 0 Å². The van der Waals surface area contributed by atoms with Crippen LogP contribution in [0.15, 0.2) is 24.5 Å². The first-order chi connectivity index (χ1) is 6.68. The highest BCUT2D eigenvalue weighted by Gasteiger charge is 1.93. The Kier molecular flexibility index (Phi) is 4.40. The van der Waals surface area contributed by atoms with Gasteiger partial charge >= 0.3 is 0 Å². The quantitative estimate of drug-likeness (QED) is 0.551. The summed E-state index contributed by atoms with van der Waals surface area (Å²) in [6.07, 6.45) is 4.99. The van der Waals surface area contributed by atoms with Crippen LogP contribution in [-0.2, 0) is 6.54 Å². The van der Waals surface area contributed by atoms with Crippen LogP contribution in [0.3, 0.4) is 0 Å². The van der Waals surface area contributed by atoms with E-state index in [0.29, 0.717) is 0 Å². The van der Waals surface area contributed by atoms with Crippen molar-refractivity contribution in [2.75, 3.05) is 13.1 Å². The lowest BCUT2D eigenvalue weighted by molar-refractivity contribution is 0.556. The van der Waals surface area contributed by atoms with Gasteiger partial charge < -0.3 is 5.32 Å². The molecule has 0 radical (unpaired) electrons. The maximum absolute atomic E-state index is 4.21. The number of hydrogen-bond acceptors (Lipinski definition) is 2. The van der Waals surface area contributed by atoms with E-state index in [-0.39, 0.29) is 0 Å². The minimum atomic E-state index is 0.935. The predicted octanol–water partition coefficient (Wildman–Crippen LogP) is 1.75. The standard InChI is InChI=1S/C11H19N3/c1-10(2)4-5-12-6-7-14-9-11(3)8-13-14/h8-9,12H,1,4-7H2,2-3H3. The Hall–Kier alpha value is -1.09. The van der Waals surface area contributed by atoms with Gasteiger partial charge in [0, 0.05) is 12.7 Å². The Morgan fingerprint density at radius 1 is 1.57 bits per heavy atom. The fraction of sp³-hybridized carbons (Fsp3) is 0.545. The first kappa shape index (κ1) is 11.0. The highest BCUT2D eigenvalue weighted by atomic mass is 15.3. The van der Waals surface area contributed by atoms with E-state index in [9.17, 15) is 0 Å². The lowest BCUT2D eigenvalue weighted by Crippen LogP contribution is -2.21. The summed E-state index contributed by atoms with van der Waals surface area (Å²) in [6.45, 7) is 10.9. The van der Waals surface area contributed by atoms with Gasteiger partial charge in [-0.3, -0.25) is 4.68 Å². The molecular weight excluding hydrogens is 174 g/mol. The van der Waals surface area contributed by atoms with E-state index in [1.807, 2.05) is 10.9 Å². The van der Waals surface area contributed by atoms with E-state index in [0.717, 1.165) is 26.1 Å². The first-order valence-electron chi connectivity index (χ1n) is 5.02. The number of rotatable bonds is 6. The van der Waals surface area contributed by atoms with E-state index in [1.165, 1.54) is 11.1 Å². The van der Waals surface area contributed by atoms with E-state index < -0.39 is 0 Å². The van der Waals surface area contributed by atoms with Crippen LogP contribution in [0.2, 0.25) is 0 Å². The molecule has 0 unspecified atom stereocenters. The normalized spacial score (nSPS) is 10.4. The van der Waals surface area contributed by atoms with Crippen molar-refractivity contribution in [1.29, 1.82) is 0 Å². The molecule has 14 heavy (non-hydrogen) atoms. The van der Waals surface area contributed by atoms with E-state index >= 15 is 0 Å². The zero-order valence-corrected chi connectivity index (χ0v) is 9.08. The number of nitrogens with zero attached hydrogens (tertiary/aromatic N) is 2. The summed E-state index contributed by atoms with van der Waals surface area (Å²) in [6, 6.07) is 0. The minimum Gasteiger partial charge on any atom is -0.315 e. The zero-order valence-electron chi connectivity index (χ0n) is 9.08. The molecule has 78 valence electrons. The second-order valence-electron chi connectivity index (χ2n) is 3.74. The summed E-state index contributed by atoms with van der Waals surface area (Å²) in [7, 11) is 0. The van der Waals surface area contributed by atoms with Gasteiger partial charge in [-0.05, 0) is 32.4 Å². The topological polar surface area (TPSA) is 29.9 Å². The molecule has 0 aliphatic rings. The summed E-state index contributed by atoms with van der Waals surface area (Å²) in [5, 5.41) is 7.56. The maximum atomic E-state index is 4.21. The van der Waals surface area contributed by atoms with Crippen LogP contribution in [0.1, 0.15) is 18.9 Å². The highest BCUT2D eigenvalue weighted by molar-refractivity contribution is 4.99. The van der Waals surface area contributed by atoms with Crippen LogP contribution >= 0.6 is 0 Å². The average Bonchev–Trinajstić information content (AvgIpc) is 2.50. The second-order valence-corrected chi connectivity index (χ2v) is 3.74. The number of aromatic nitrogens is 2. The molecule has 1 N–H and O–H groups in total. The molecule has 0 aliphatic carbocycles. The van der Waals surface area contributed by atoms with Gasteiger partial charge in [-0.1, -0.05) is 5.57 Å². The molecule has 0 fully saturated rings. The van der Waals surface area contributed by atoms with Crippen LogP contribution in [0.4, 0.5) is 0 Å². The molecule has 0 spiro atoms. The summed E-state index contributed by atoms with van der Waals surface area (Å²) >= 11 is 0. The van der Waals surface area contributed by atoms with Gasteiger partial charge in [0.25, 0.3) is 0 Å². The molecule has 0 atom stereocenters. The molecule has 0 aliphatic heterocycles. The Morgan fingerprint density at radius 2 is 2.36 bits per heavy atom. The Morgan fingerprint density at radius 3 is 2.93 bits per heavy atom. The Bertz CT molecular complexity index is 288. The monoisotopic (exact) mass is 193 g/mol. The van der Waals surface area contributed by atoms with Crippen LogP contribution in [0, 0.1) is 6.92 Å². The zero-order chi connectivity index (χ0) is 10.4. The predicted molar refractivity (Wildman–Crippen MR) is 59.3 cm³/mol. The lowest BCUT2D eigenvalue weighted by Gasteiger charge is -2.04. The van der Waals surface area contributed by atoms with Crippen molar-refractivity contribution in [3.63, 3.8) is 0 Å². The molecule has 0 bridgehead atoms. The molecule has 1 heterocycles. The SMILES string of the molecule is C=C(C)CCNCCn1cc(C)cn1. The highest BCUT2D eigenvalue weighted by Crippen LogP contribution is 1.94. The van der Waals surface area contributed by atoms with Crippen molar-refractivity contribution in [3.05, 3.63) is 30.1 Å². The van der Waals surface area contributed by atoms with Crippen molar-refractivity contribution in [2.45, 2.75) is 26.8 Å². The molecule has 0 saturated carbocycles. The van der Waals surface area contributed by atoms with Crippen LogP contribution < -0.4 is 5.32 Å². The molecular formula is C11H19N3. The van der Waals surface area contributed by atoms with Crippen LogP contribution in [0.25, 0.3) is 0 Å². The van der Waals surface area contributed by atoms with Crippen LogP contribution in [0.5, 0.6) is 0 Å². The third-order valence-corrected chi connectivity index (χ3v) is 2.01. The van der Waals surface area contributed by atoms with Gasteiger partial charge in [-0.2, -0.15) is 5.10 Å². The van der Waals surface area contributed by atoms with E-state index in [1.54, 1.807) is 0 Å². The van der Waals surface area contributed by atoms with Gasteiger partial charge in [0.2, 0.25) is 0 Å². The van der Waals surface area contributed by atoms with Gasteiger partial charge in [0.15, 0.2) is 0 Å².